The van der Waals surface area contributed by atoms with Crippen molar-refractivity contribution in [2.24, 2.45) is 12.0 Å². The van der Waals surface area contributed by atoms with E-state index in [4.69, 9.17) is 9.98 Å². The molecule has 1 saturated carbocycles. The van der Waals surface area contributed by atoms with Crippen LogP contribution in [0.1, 0.15) is 37.7 Å². The van der Waals surface area contributed by atoms with Gasteiger partial charge >= 0.3 is 6.03 Å². The van der Waals surface area contributed by atoms with Crippen molar-refractivity contribution in [3.63, 3.8) is 0 Å². The van der Waals surface area contributed by atoms with Crippen LogP contribution < -0.4 is 20.4 Å². The molecule has 12 heteroatoms. The first-order valence-corrected chi connectivity index (χ1v) is 14.3. The number of amides is 2. The van der Waals surface area contributed by atoms with Crippen LogP contribution in [0.25, 0.3) is 11.1 Å². The number of hydrogen-bond acceptors (Lipinski definition) is 8. The van der Waals surface area contributed by atoms with Crippen LogP contribution >= 0.6 is 0 Å². The molecule has 218 valence electrons. The van der Waals surface area contributed by atoms with E-state index in [2.05, 4.69) is 32.0 Å². The molecule has 0 spiro atoms. The molecule has 12 nitrogen and oxygen atoms in total. The lowest BCUT2D eigenvalue weighted by Gasteiger charge is -2.48. The number of hydrogen-bond donors (Lipinski definition) is 3. The topological polar surface area (TPSA) is 143 Å². The van der Waals surface area contributed by atoms with E-state index >= 15 is 0 Å². The summed E-state index contributed by atoms with van der Waals surface area (Å²) in [6.07, 6.45) is 14.1. The van der Waals surface area contributed by atoms with E-state index in [1.54, 1.807) is 40.6 Å². The Balaban J connectivity index is 1.37. The summed E-state index contributed by atoms with van der Waals surface area (Å²) in [5.74, 6) is 1.20. The van der Waals surface area contributed by atoms with Crippen molar-refractivity contribution in [1.82, 2.24) is 35.6 Å². The van der Waals surface area contributed by atoms with E-state index in [1.807, 2.05) is 66.7 Å². The fraction of sp³-hybridized carbons (Fsp3) is 0.290. The standard InChI is InChI=1S/C31H33N11O/c1-40-22-26(20-37-40)25-10-11-27(33-19-25)42(30(43)35-17-23-8-4-2-5-9-23)31(13-6-3-7-14-31)38-29-34-18-24(16-32)21-41(29)28-12-15-36-39-28/h2,4-5,8-12,15,18-22,29,38H,3,6-7,13-14,17H2,1H3,(H,35,43)(H,36,39). The lowest BCUT2D eigenvalue weighted by Crippen LogP contribution is -2.68. The minimum absolute atomic E-state index is 0.263. The summed E-state index contributed by atoms with van der Waals surface area (Å²) in [6.45, 7) is 0.371. The van der Waals surface area contributed by atoms with Gasteiger partial charge in [-0.2, -0.15) is 15.5 Å². The van der Waals surface area contributed by atoms with Gasteiger partial charge in [-0.1, -0.05) is 36.8 Å². The second-order valence-electron chi connectivity index (χ2n) is 10.7. The smallest absolute Gasteiger partial charge is 0.324 e. The summed E-state index contributed by atoms with van der Waals surface area (Å²) in [5.41, 5.74) is 2.44. The number of nitrogens with one attached hydrogen (secondary N) is 3. The van der Waals surface area contributed by atoms with Crippen LogP contribution in [0.2, 0.25) is 0 Å². The van der Waals surface area contributed by atoms with E-state index < -0.39 is 12.0 Å². The summed E-state index contributed by atoms with van der Waals surface area (Å²) < 4.78 is 1.75. The largest absolute Gasteiger partial charge is 0.334 e. The molecule has 3 aromatic heterocycles. The molecule has 1 aliphatic carbocycles. The first kappa shape index (κ1) is 27.9. The number of urea groups is 1. The number of pyridine rings is 1. The maximum Gasteiger partial charge on any atom is 0.324 e. The number of carbonyl (C=O) groups excluding carboxylic acids is 1. The molecule has 3 N–H and O–H groups in total. The number of rotatable bonds is 8. The van der Waals surface area contributed by atoms with Gasteiger partial charge in [-0.15, -0.1) is 0 Å². The third kappa shape index (κ3) is 6.02. The Morgan fingerprint density at radius 2 is 1.95 bits per heavy atom. The first-order chi connectivity index (χ1) is 21.0. The lowest BCUT2D eigenvalue weighted by molar-refractivity contribution is 0.188. The molecule has 0 bridgehead atoms. The quantitative estimate of drug-likeness (QED) is 0.263. The van der Waals surface area contributed by atoms with Crippen molar-refractivity contribution in [3.8, 4) is 17.2 Å². The third-order valence-corrected chi connectivity index (χ3v) is 7.80. The highest BCUT2D eigenvalue weighted by atomic mass is 16.2. The predicted molar refractivity (Wildman–Crippen MR) is 164 cm³/mol. The summed E-state index contributed by atoms with van der Waals surface area (Å²) >= 11 is 0. The van der Waals surface area contributed by atoms with Gasteiger partial charge in [0.2, 0.25) is 0 Å². The van der Waals surface area contributed by atoms with Crippen LogP contribution in [0.15, 0.2) is 90.1 Å². The van der Waals surface area contributed by atoms with Gasteiger partial charge in [0.25, 0.3) is 0 Å². The van der Waals surface area contributed by atoms with Gasteiger partial charge in [0.05, 0.1) is 18.0 Å². The van der Waals surface area contributed by atoms with Gasteiger partial charge in [0, 0.05) is 55.6 Å². The first-order valence-electron chi connectivity index (χ1n) is 14.3. The number of nitriles is 1. The Labute approximate surface area is 249 Å². The van der Waals surface area contributed by atoms with Crippen LogP contribution in [0, 0.1) is 11.3 Å². The zero-order valence-corrected chi connectivity index (χ0v) is 23.9. The molecule has 0 radical (unpaired) electrons. The van der Waals surface area contributed by atoms with Crippen molar-refractivity contribution < 1.29 is 4.79 Å². The molecule has 1 fully saturated rings. The summed E-state index contributed by atoms with van der Waals surface area (Å²) in [7, 11) is 1.87. The van der Waals surface area contributed by atoms with Gasteiger partial charge < -0.3 is 5.32 Å². The molecule has 2 amide bonds. The Bertz CT molecular complexity index is 1630. The molecule has 1 unspecified atom stereocenters. The summed E-state index contributed by atoms with van der Waals surface area (Å²) in [4.78, 5) is 27.3. The number of nitrogens with zero attached hydrogens (tertiary/aromatic N) is 8. The normalized spacial score (nSPS) is 17.6. The molecule has 1 aliphatic heterocycles. The average Bonchev–Trinajstić information content (AvgIpc) is 3.74. The number of carbonyl (C=O) groups is 1. The van der Waals surface area contributed by atoms with E-state index in [-0.39, 0.29) is 6.03 Å². The molecule has 1 aromatic carbocycles. The van der Waals surface area contributed by atoms with Crippen molar-refractivity contribution in [2.45, 2.75) is 50.6 Å². The second-order valence-corrected chi connectivity index (χ2v) is 10.7. The van der Waals surface area contributed by atoms with Gasteiger partial charge in [-0.3, -0.25) is 29.9 Å². The molecule has 4 heterocycles. The van der Waals surface area contributed by atoms with Crippen LogP contribution in [0.4, 0.5) is 16.4 Å². The zero-order chi connectivity index (χ0) is 29.6. The number of benzene rings is 1. The second kappa shape index (κ2) is 12.3. The van der Waals surface area contributed by atoms with Crippen LogP contribution in [-0.2, 0) is 13.6 Å². The Morgan fingerprint density at radius 1 is 1.12 bits per heavy atom. The van der Waals surface area contributed by atoms with Crippen LogP contribution in [-0.4, -0.2) is 49.2 Å². The monoisotopic (exact) mass is 575 g/mol. The van der Waals surface area contributed by atoms with E-state index in [1.165, 1.54) is 0 Å². The number of aromatic nitrogens is 5. The van der Waals surface area contributed by atoms with Gasteiger partial charge in [-0.25, -0.2) is 9.78 Å². The van der Waals surface area contributed by atoms with Crippen LogP contribution in [0.5, 0.6) is 0 Å². The van der Waals surface area contributed by atoms with Crippen molar-refractivity contribution >= 4 is 23.9 Å². The SMILES string of the molecule is Cn1cc(-c2ccc(N(C(=O)NCc3ccccc3)C3(NC4N=CC(C#N)=CN4c4ccn[nH]4)CCCCC3)nc2)cn1. The summed E-state index contributed by atoms with van der Waals surface area (Å²) in [5, 5.41) is 27.8. The molecule has 4 aromatic rings. The minimum atomic E-state index is -0.819. The molecule has 0 saturated heterocycles. The van der Waals surface area contributed by atoms with Gasteiger partial charge in [0.15, 0.2) is 6.29 Å². The molecule has 6 rings (SSSR count). The molecule has 1 atom stereocenters. The van der Waals surface area contributed by atoms with E-state index in [0.717, 1.165) is 36.0 Å². The molecular weight excluding hydrogens is 542 g/mol. The summed E-state index contributed by atoms with van der Waals surface area (Å²) in [6, 6.07) is 17.4. The van der Waals surface area contributed by atoms with Crippen molar-refractivity contribution in [2.75, 3.05) is 9.80 Å². The van der Waals surface area contributed by atoms with Crippen molar-refractivity contribution in [1.29, 1.82) is 5.26 Å². The van der Waals surface area contributed by atoms with Gasteiger partial charge in [-0.05, 0) is 43.4 Å². The molecular formula is C31H33N11O. The number of aromatic amines is 1. The number of H-pyrrole nitrogens is 1. The maximum atomic E-state index is 14.2. The number of anilines is 2. The van der Waals surface area contributed by atoms with E-state index in [9.17, 15) is 10.1 Å². The highest BCUT2D eigenvalue weighted by molar-refractivity contribution is 5.93. The maximum absolute atomic E-state index is 14.2. The number of aryl methyl sites for hydroxylation is 1. The van der Waals surface area contributed by atoms with Gasteiger partial charge in [0.1, 0.15) is 23.4 Å². The highest BCUT2D eigenvalue weighted by Crippen LogP contribution is 2.36. The fourth-order valence-electron chi connectivity index (χ4n) is 5.67. The Hall–Kier alpha value is -5.28. The number of allylic oxidation sites excluding steroid dienone is 1. The number of aliphatic imine (C=N–C) groups is 1. The van der Waals surface area contributed by atoms with Crippen LogP contribution in [0.3, 0.4) is 0 Å². The Kier molecular flexibility index (Phi) is 7.97. The minimum Gasteiger partial charge on any atom is -0.334 e. The highest BCUT2D eigenvalue weighted by Gasteiger charge is 2.45. The zero-order valence-electron chi connectivity index (χ0n) is 23.9. The average molecular weight is 576 g/mol. The molecule has 43 heavy (non-hydrogen) atoms. The lowest BCUT2D eigenvalue weighted by atomic mass is 9.87. The predicted octanol–water partition coefficient (Wildman–Crippen LogP) is 4.45. The Morgan fingerprint density at radius 3 is 2.63 bits per heavy atom. The van der Waals surface area contributed by atoms with Crippen molar-refractivity contribution in [3.05, 3.63) is 90.7 Å². The van der Waals surface area contributed by atoms with E-state index in [0.29, 0.717) is 36.6 Å². The molecule has 2 aliphatic rings. The fourth-order valence-corrected chi connectivity index (χ4v) is 5.67. The third-order valence-electron chi connectivity index (χ3n) is 7.80.